The highest BCUT2D eigenvalue weighted by Gasteiger charge is 2.46. The highest BCUT2D eigenvalue weighted by molar-refractivity contribution is 5.86. The molecule has 0 heterocycles. The van der Waals surface area contributed by atoms with Gasteiger partial charge >= 0.3 is 5.97 Å². The van der Waals surface area contributed by atoms with Crippen LogP contribution in [-0.2, 0) is 4.79 Å². The Morgan fingerprint density at radius 3 is 2.04 bits per heavy atom. The summed E-state index contributed by atoms with van der Waals surface area (Å²) in [5.41, 5.74) is -0.994. The molecule has 0 saturated carbocycles. The molecule has 0 radical (unpaired) electrons. The molecule has 6 heteroatoms. The summed E-state index contributed by atoms with van der Waals surface area (Å²) in [6, 6.07) is 17.9. The molecule has 2 aromatic rings. The smallest absolute Gasteiger partial charge is 0.337 e. The van der Waals surface area contributed by atoms with Gasteiger partial charge in [-0.1, -0.05) is 60.7 Å². The van der Waals surface area contributed by atoms with E-state index < -0.39 is 17.9 Å². The predicted molar refractivity (Wildman–Crippen MR) is 98.5 cm³/mol. The molecule has 136 valence electrons. The van der Waals surface area contributed by atoms with Crippen LogP contribution in [-0.4, -0.2) is 42.0 Å². The summed E-state index contributed by atoms with van der Waals surface area (Å²) in [7, 11) is 0. The maximum atomic E-state index is 13.5. The number of alkyl halides is 2. The van der Waals surface area contributed by atoms with Gasteiger partial charge in [-0.05, 0) is 24.0 Å². The minimum absolute atomic E-state index is 0.187. The Labute approximate surface area is 150 Å². The number of hydrogen-bond donors (Lipinski definition) is 1. The van der Waals surface area contributed by atoms with E-state index in [-0.39, 0.29) is 19.4 Å². The van der Waals surface area contributed by atoms with Crippen LogP contribution in [0.5, 0.6) is 0 Å². The van der Waals surface area contributed by atoms with Gasteiger partial charge in [0.05, 0.1) is 0 Å². The highest BCUT2D eigenvalue weighted by Crippen LogP contribution is 2.27. The molecule has 0 aromatic heterocycles. The second-order valence-electron chi connectivity index (χ2n) is 5.75. The van der Waals surface area contributed by atoms with Crippen LogP contribution in [0.3, 0.4) is 0 Å². The lowest BCUT2D eigenvalue weighted by molar-refractivity contribution is -0.149. The number of aliphatic carboxylic acids is 1. The van der Waals surface area contributed by atoms with Gasteiger partial charge in [0.15, 0.2) is 0 Å². The molecule has 0 spiro atoms. The van der Waals surface area contributed by atoms with Gasteiger partial charge in [-0.3, -0.25) is 9.98 Å². The Hall–Kier alpha value is -2.89. The van der Waals surface area contributed by atoms with E-state index in [1.165, 1.54) is 6.21 Å². The average Bonchev–Trinajstić information content (AvgIpc) is 2.65. The van der Waals surface area contributed by atoms with E-state index in [0.29, 0.717) is 5.56 Å². The SMILES string of the molecule is O=C(O)C(CCC/N=C/c1ccccc1)(/N=C/c1ccccc1)C(F)F. The first-order chi connectivity index (χ1) is 12.5. The topological polar surface area (TPSA) is 62.0 Å². The van der Waals surface area contributed by atoms with Gasteiger partial charge in [-0.15, -0.1) is 0 Å². The van der Waals surface area contributed by atoms with Crippen molar-refractivity contribution in [1.29, 1.82) is 0 Å². The number of aliphatic imine (C=N–C) groups is 2. The van der Waals surface area contributed by atoms with E-state index in [9.17, 15) is 18.7 Å². The van der Waals surface area contributed by atoms with Crippen LogP contribution in [0, 0.1) is 0 Å². The molecule has 1 atom stereocenters. The number of rotatable bonds is 9. The van der Waals surface area contributed by atoms with Crippen molar-refractivity contribution in [3.05, 3.63) is 71.8 Å². The first kappa shape index (κ1) is 19.4. The summed E-state index contributed by atoms with van der Waals surface area (Å²) in [4.78, 5) is 19.5. The van der Waals surface area contributed by atoms with E-state index in [0.717, 1.165) is 5.56 Å². The molecular formula is C20H20F2N2O2. The first-order valence-corrected chi connectivity index (χ1v) is 8.21. The molecule has 0 aliphatic carbocycles. The minimum Gasteiger partial charge on any atom is -0.479 e. The summed E-state index contributed by atoms with van der Waals surface area (Å²) in [6.45, 7) is 0.248. The molecule has 2 aromatic carbocycles. The van der Waals surface area contributed by atoms with Crippen LogP contribution in [0.15, 0.2) is 70.6 Å². The van der Waals surface area contributed by atoms with E-state index in [4.69, 9.17) is 0 Å². The van der Waals surface area contributed by atoms with Gasteiger partial charge < -0.3 is 5.11 Å². The largest absolute Gasteiger partial charge is 0.479 e. The van der Waals surface area contributed by atoms with Crippen molar-refractivity contribution in [2.24, 2.45) is 9.98 Å². The van der Waals surface area contributed by atoms with Gasteiger partial charge in [0, 0.05) is 19.0 Å². The number of carbonyl (C=O) groups is 1. The normalized spacial score (nSPS) is 14.1. The third-order valence-corrected chi connectivity index (χ3v) is 3.86. The molecule has 0 saturated heterocycles. The second-order valence-corrected chi connectivity index (χ2v) is 5.75. The second kappa shape index (κ2) is 9.56. The molecular weight excluding hydrogens is 338 g/mol. The van der Waals surface area contributed by atoms with Crippen LogP contribution >= 0.6 is 0 Å². The molecule has 0 aliphatic heterocycles. The van der Waals surface area contributed by atoms with E-state index in [1.807, 2.05) is 30.3 Å². The molecule has 0 bridgehead atoms. The molecule has 1 N–H and O–H groups in total. The lowest BCUT2D eigenvalue weighted by Crippen LogP contribution is -2.44. The Balaban J connectivity index is 2.04. The molecule has 4 nitrogen and oxygen atoms in total. The van der Waals surface area contributed by atoms with Gasteiger partial charge in [0.25, 0.3) is 6.43 Å². The lowest BCUT2D eigenvalue weighted by Gasteiger charge is -2.24. The van der Waals surface area contributed by atoms with Crippen molar-refractivity contribution in [3.63, 3.8) is 0 Å². The summed E-state index contributed by atoms with van der Waals surface area (Å²) >= 11 is 0. The summed E-state index contributed by atoms with van der Waals surface area (Å²) in [5.74, 6) is -1.63. The van der Waals surface area contributed by atoms with Crippen molar-refractivity contribution < 1.29 is 18.7 Å². The van der Waals surface area contributed by atoms with Crippen molar-refractivity contribution in [3.8, 4) is 0 Å². The Morgan fingerprint density at radius 2 is 1.54 bits per heavy atom. The summed E-state index contributed by atoms with van der Waals surface area (Å²) in [6.07, 6.45) is -0.397. The van der Waals surface area contributed by atoms with Gasteiger partial charge in [0.2, 0.25) is 5.54 Å². The monoisotopic (exact) mass is 358 g/mol. The van der Waals surface area contributed by atoms with Crippen LogP contribution in [0.25, 0.3) is 0 Å². The lowest BCUT2D eigenvalue weighted by atomic mass is 9.94. The Kier molecular flexibility index (Phi) is 7.14. The number of carboxylic acid groups (broad SMARTS) is 1. The van der Waals surface area contributed by atoms with E-state index in [2.05, 4.69) is 9.98 Å². The van der Waals surface area contributed by atoms with Crippen LogP contribution in [0.2, 0.25) is 0 Å². The van der Waals surface area contributed by atoms with Crippen molar-refractivity contribution in [2.75, 3.05) is 6.54 Å². The maximum absolute atomic E-state index is 13.5. The molecule has 0 fully saturated rings. The molecule has 0 amide bonds. The first-order valence-electron chi connectivity index (χ1n) is 8.21. The maximum Gasteiger partial charge on any atom is 0.337 e. The molecule has 0 aliphatic rings. The highest BCUT2D eigenvalue weighted by atomic mass is 19.3. The van der Waals surface area contributed by atoms with Gasteiger partial charge in [0.1, 0.15) is 0 Å². The molecule has 1 unspecified atom stereocenters. The van der Waals surface area contributed by atoms with E-state index in [1.54, 1.807) is 36.5 Å². The fraction of sp³-hybridized carbons (Fsp3) is 0.250. The van der Waals surface area contributed by atoms with Crippen molar-refractivity contribution in [2.45, 2.75) is 24.8 Å². The average molecular weight is 358 g/mol. The fourth-order valence-corrected chi connectivity index (χ4v) is 2.36. The molecule has 2 rings (SSSR count). The van der Waals surface area contributed by atoms with Gasteiger partial charge in [-0.2, -0.15) is 0 Å². The zero-order valence-electron chi connectivity index (χ0n) is 14.1. The van der Waals surface area contributed by atoms with Crippen LogP contribution in [0.4, 0.5) is 8.78 Å². The number of hydrogen-bond acceptors (Lipinski definition) is 3. The van der Waals surface area contributed by atoms with Crippen LogP contribution < -0.4 is 0 Å². The minimum atomic E-state index is -3.11. The standard InChI is InChI=1S/C20H20F2N2O2/c21-18(22)20(19(25)26,24-15-17-10-5-2-6-11-17)12-7-13-23-14-16-8-3-1-4-9-16/h1-6,8-11,14-15,18H,7,12-13H2,(H,25,26)/b23-14+,24-15+. The third-order valence-electron chi connectivity index (χ3n) is 3.86. The number of carboxylic acids is 1. The number of benzene rings is 2. The Morgan fingerprint density at radius 1 is 1.00 bits per heavy atom. The van der Waals surface area contributed by atoms with Gasteiger partial charge in [-0.25, -0.2) is 13.6 Å². The predicted octanol–water partition coefficient (Wildman–Crippen LogP) is 4.09. The number of nitrogens with zero attached hydrogens (tertiary/aromatic N) is 2. The third kappa shape index (κ3) is 5.31. The molecule has 26 heavy (non-hydrogen) atoms. The summed E-state index contributed by atoms with van der Waals surface area (Å²) < 4.78 is 27.1. The van der Waals surface area contributed by atoms with Crippen molar-refractivity contribution in [1.82, 2.24) is 0 Å². The fourth-order valence-electron chi connectivity index (χ4n) is 2.36. The summed E-state index contributed by atoms with van der Waals surface area (Å²) in [5, 5.41) is 9.37. The number of halogens is 2. The van der Waals surface area contributed by atoms with Crippen molar-refractivity contribution >= 4 is 18.4 Å². The van der Waals surface area contributed by atoms with E-state index >= 15 is 0 Å². The Bertz CT molecular complexity index is 749. The zero-order valence-corrected chi connectivity index (χ0v) is 14.1. The van der Waals surface area contributed by atoms with Crippen LogP contribution in [0.1, 0.15) is 24.0 Å². The zero-order chi connectivity index (χ0) is 18.8. The quantitative estimate of drug-likeness (QED) is 0.542.